The second-order valence-electron chi connectivity index (χ2n) is 4.17. The lowest BCUT2D eigenvalue weighted by atomic mass is 9.75. The molecule has 0 aliphatic carbocycles. The zero-order valence-electron chi connectivity index (χ0n) is 8.65. The molecule has 0 amide bonds. The van der Waals surface area contributed by atoms with Crippen LogP contribution >= 0.6 is 0 Å². The molecule has 0 aliphatic rings. The van der Waals surface area contributed by atoms with E-state index >= 15 is 0 Å². The van der Waals surface area contributed by atoms with E-state index in [-0.39, 0.29) is 5.54 Å². The minimum absolute atomic E-state index is 0.0503. The van der Waals surface area contributed by atoms with Gasteiger partial charge in [-0.3, -0.25) is 0 Å². The van der Waals surface area contributed by atoms with Crippen LogP contribution in [-0.4, -0.2) is 5.54 Å². The molecule has 0 aromatic carbocycles. The van der Waals surface area contributed by atoms with E-state index in [1.807, 2.05) is 0 Å². The van der Waals surface area contributed by atoms with Crippen molar-refractivity contribution < 1.29 is 0 Å². The van der Waals surface area contributed by atoms with E-state index in [1.54, 1.807) is 0 Å². The Morgan fingerprint density at radius 1 is 1.09 bits per heavy atom. The smallest absolute Gasteiger partial charge is 0.0200 e. The number of rotatable bonds is 4. The van der Waals surface area contributed by atoms with Crippen LogP contribution in [0.3, 0.4) is 0 Å². The van der Waals surface area contributed by atoms with Crippen molar-refractivity contribution in [3.63, 3.8) is 0 Å². The van der Waals surface area contributed by atoms with E-state index in [4.69, 9.17) is 5.73 Å². The lowest BCUT2D eigenvalue weighted by molar-refractivity contribution is 0.206. The molecule has 0 atom stereocenters. The van der Waals surface area contributed by atoms with Gasteiger partial charge in [-0.05, 0) is 18.3 Å². The number of hydrogen-bond donors (Lipinski definition) is 1. The largest absolute Gasteiger partial charge is 0.325 e. The van der Waals surface area contributed by atoms with Crippen LogP contribution in [0.4, 0.5) is 0 Å². The van der Waals surface area contributed by atoms with Gasteiger partial charge >= 0.3 is 0 Å². The molecule has 0 spiro atoms. The molecule has 0 radical (unpaired) electrons. The molecule has 0 saturated heterocycles. The van der Waals surface area contributed by atoms with E-state index in [0.717, 1.165) is 6.42 Å². The van der Waals surface area contributed by atoms with Gasteiger partial charge in [0.15, 0.2) is 0 Å². The molecule has 0 rings (SSSR count). The molecule has 68 valence electrons. The van der Waals surface area contributed by atoms with Crippen LogP contribution in [-0.2, 0) is 0 Å². The third-order valence-electron chi connectivity index (χ3n) is 2.83. The predicted molar refractivity (Wildman–Crippen MR) is 51.5 cm³/mol. The van der Waals surface area contributed by atoms with Crippen molar-refractivity contribution in [1.29, 1.82) is 0 Å². The highest BCUT2D eigenvalue weighted by Crippen LogP contribution is 2.27. The molecular weight excluding hydrogens is 134 g/mol. The minimum Gasteiger partial charge on any atom is -0.325 e. The molecule has 0 fully saturated rings. The first kappa shape index (κ1) is 11.0. The van der Waals surface area contributed by atoms with Gasteiger partial charge in [-0.15, -0.1) is 0 Å². The van der Waals surface area contributed by atoms with Crippen molar-refractivity contribution in [2.45, 2.75) is 53.0 Å². The standard InChI is InChI=1S/C10H23N/c1-6-7-10(11,8(2)3)9(4)5/h8-9H,6-7,11H2,1-5H3. The van der Waals surface area contributed by atoms with Gasteiger partial charge in [0.1, 0.15) is 0 Å². The van der Waals surface area contributed by atoms with Crippen molar-refractivity contribution in [2.24, 2.45) is 17.6 Å². The number of nitrogens with two attached hydrogens (primary N) is 1. The molecule has 2 N–H and O–H groups in total. The van der Waals surface area contributed by atoms with Crippen molar-refractivity contribution in [1.82, 2.24) is 0 Å². The zero-order valence-corrected chi connectivity index (χ0v) is 8.65. The van der Waals surface area contributed by atoms with Crippen LogP contribution in [0.15, 0.2) is 0 Å². The Bertz CT molecular complexity index is 97.4. The lowest BCUT2D eigenvalue weighted by Crippen LogP contribution is -2.49. The van der Waals surface area contributed by atoms with Gasteiger partial charge in [0.25, 0.3) is 0 Å². The normalized spacial score (nSPS) is 13.1. The summed E-state index contributed by atoms with van der Waals surface area (Å²) in [5, 5.41) is 0. The molecule has 0 saturated carbocycles. The third-order valence-corrected chi connectivity index (χ3v) is 2.83. The molecule has 0 aromatic rings. The second kappa shape index (κ2) is 4.10. The Kier molecular flexibility index (Phi) is 4.09. The van der Waals surface area contributed by atoms with Crippen molar-refractivity contribution in [3.8, 4) is 0 Å². The molecule has 0 aliphatic heterocycles. The van der Waals surface area contributed by atoms with Crippen LogP contribution in [0.2, 0.25) is 0 Å². The minimum atomic E-state index is 0.0503. The summed E-state index contributed by atoms with van der Waals surface area (Å²) in [5.41, 5.74) is 6.34. The SMILES string of the molecule is CCCC(N)(C(C)C)C(C)C. The van der Waals surface area contributed by atoms with Gasteiger partial charge in [-0.25, -0.2) is 0 Å². The van der Waals surface area contributed by atoms with E-state index < -0.39 is 0 Å². The first-order valence-electron chi connectivity index (χ1n) is 4.74. The molecular formula is C10H23N. The number of hydrogen-bond acceptors (Lipinski definition) is 1. The predicted octanol–water partition coefficient (Wildman–Crippen LogP) is 2.80. The fourth-order valence-electron chi connectivity index (χ4n) is 1.68. The molecule has 1 heteroatoms. The molecule has 0 aromatic heterocycles. The maximum Gasteiger partial charge on any atom is 0.0200 e. The van der Waals surface area contributed by atoms with Gasteiger partial charge in [0.05, 0.1) is 0 Å². The first-order valence-corrected chi connectivity index (χ1v) is 4.74. The van der Waals surface area contributed by atoms with E-state index in [1.165, 1.54) is 6.42 Å². The van der Waals surface area contributed by atoms with Gasteiger partial charge < -0.3 is 5.73 Å². The molecule has 11 heavy (non-hydrogen) atoms. The van der Waals surface area contributed by atoms with Crippen LogP contribution in [0.5, 0.6) is 0 Å². The molecule has 1 nitrogen and oxygen atoms in total. The summed E-state index contributed by atoms with van der Waals surface area (Å²) in [7, 11) is 0. The van der Waals surface area contributed by atoms with Gasteiger partial charge in [-0.2, -0.15) is 0 Å². The maximum absolute atomic E-state index is 6.29. The van der Waals surface area contributed by atoms with Crippen molar-refractivity contribution in [2.75, 3.05) is 0 Å². The fraction of sp³-hybridized carbons (Fsp3) is 1.00. The Hall–Kier alpha value is -0.0400. The summed E-state index contributed by atoms with van der Waals surface area (Å²) >= 11 is 0. The van der Waals surface area contributed by atoms with Gasteiger partial charge in [-0.1, -0.05) is 41.0 Å². The van der Waals surface area contributed by atoms with Crippen LogP contribution in [0.1, 0.15) is 47.5 Å². The van der Waals surface area contributed by atoms with Crippen molar-refractivity contribution >= 4 is 0 Å². The van der Waals surface area contributed by atoms with E-state index in [2.05, 4.69) is 34.6 Å². The highest BCUT2D eigenvalue weighted by Gasteiger charge is 2.31. The van der Waals surface area contributed by atoms with Crippen LogP contribution in [0.25, 0.3) is 0 Å². The third kappa shape index (κ3) is 2.48. The average Bonchev–Trinajstić information content (AvgIpc) is 1.87. The Morgan fingerprint density at radius 3 is 1.55 bits per heavy atom. The summed E-state index contributed by atoms with van der Waals surface area (Å²) < 4.78 is 0. The van der Waals surface area contributed by atoms with Crippen LogP contribution in [0, 0.1) is 11.8 Å². The van der Waals surface area contributed by atoms with Gasteiger partial charge in [0, 0.05) is 5.54 Å². The highest BCUT2D eigenvalue weighted by atomic mass is 14.8. The summed E-state index contributed by atoms with van der Waals surface area (Å²) in [6.45, 7) is 11.1. The summed E-state index contributed by atoms with van der Waals surface area (Å²) in [6, 6.07) is 0. The van der Waals surface area contributed by atoms with Gasteiger partial charge in [0.2, 0.25) is 0 Å². The zero-order chi connectivity index (χ0) is 9.07. The second-order valence-corrected chi connectivity index (χ2v) is 4.17. The fourth-order valence-corrected chi connectivity index (χ4v) is 1.68. The lowest BCUT2D eigenvalue weighted by Gasteiger charge is -2.37. The summed E-state index contributed by atoms with van der Waals surface area (Å²) in [5.74, 6) is 1.17. The van der Waals surface area contributed by atoms with E-state index in [9.17, 15) is 0 Å². The van der Waals surface area contributed by atoms with Crippen LogP contribution < -0.4 is 5.73 Å². The molecule has 0 bridgehead atoms. The topological polar surface area (TPSA) is 26.0 Å². The molecule has 0 heterocycles. The average molecular weight is 157 g/mol. The Balaban J connectivity index is 4.26. The van der Waals surface area contributed by atoms with E-state index in [0.29, 0.717) is 11.8 Å². The van der Waals surface area contributed by atoms with Crippen molar-refractivity contribution in [3.05, 3.63) is 0 Å². The summed E-state index contributed by atoms with van der Waals surface area (Å²) in [6.07, 6.45) is 2.33. The maximum atomic E-state index is 6.29. The Morgan fingerprint density at radius 2 is 1.45 bits per heavy atom. The summed E-state index contributed by atoms with van der Waals surface area (Å²) in [4.78, 5) is 0. The highest BCUT2D eigenvalue weighted by molar-refractivity contribution is 4.89. The quantitative estimate of drug-likeness (QED) is 0.667. The molecule has 0 unspecified atom stereocenters. The monoisotopic (exact) mass is 157 g/mol. The Labute approximate surface area is 71.4 Å². The first-order chi connectivity index (χ1) is 4.95.